The van der Waals surface area contributed by atoms with Crippen molar-refractivity contribution in [1.29, 1.82) is 0 Å². The van der Waals surface area contributed by atoms with Crippen LogP contribution in [0.25, 0.3) is 0 Å². The molecular weight excluding hydrogens is 294 g/mol. The number of benzene rings is 1. The first-order chi connectivity index (χ1) is 8.58. The number of ketones is 1. The van der Waals surface area contributed by atoms with Gasteiger partial charge in [-0.15, -0.1) is 0 Å². The zero-order valence-electron chi connectivity index (χ0n) is 10.8. The van der Waals surface area contributed by atoms with Crippen LogP contribution in [0.15, 0.2) is 18.2 Å². The molecule has 18 heavy (non-hydrogen) atoms. The van der Waals surface area contributed by atoms with Crippen LogP contribution in [-0.4, -0.2) is 17.0 Å². The first-order valence-corrected chi connectivity index (χ1v) is 7.21. The van der Waals surface area contributed by atoms with Crippen molar-refractivity contribution in [2.24, 2.45) is 0 Å². The van der Waals surface area contributed by atoms with Crippen molar-refractivity contribution in [3.05, 3.63) is 29.3 Å². The van der Waals surface area contributed by atoms with Gasteiger partial charge in [-0.25, -0.2) is 0 Å². The lowest BCUT2D eigenvalue weighted by Gasteiger charge is -2.09. The third-order valence-corrected chi connectivity index (χ3v) is 3.29. The number of aryl methyl sites for hydroxylation is 2. The van der Waals surface area contributed by atoms with E-state index in [-0.39, 0.29) is 23.4 Å². The van der Waals surface area contributed by atoms with Crippen LogP contribution in [-0.2, 0) is 22.4 Å². The standard InChI is InChI=1S/C14H18BrNO2/c1-3-10-5-11(4-2)7-12(6-10)16-14(18)8-13(17)9-15/h5-7H,3-4,8-9H2,1-2H3,(H,16,18). The third kappa shape index (κ3) is 4.61. The molecule has 1 aromatic carbocycles. The summed E-state index contributed by atoms with van der Waals surface area (Å²) in [5.41, 5.74) is 3.16. The normalized spacial score (nSPS) is 10.2. The largest absolute Gasteiger partial charge is 0.326 e. The van der Waals surface area contributed by atoms with Crippen molar-refractivity contribution in [1.82, 2.24) is 0 Å². The fourth-order valence-electron chi connectivity index (χ4n) is 1.67. The SMILES string of the molecule is CCc1cc(CC)cc(NC(=O)CC(=O)CBr)c1. The average Bonchev–Trinajstić information content (AvgIpc) is 2.37. The van der Waals surface area contributed by atoms with Gasteiger partial charge in [-0.3, -0.25) is 9.59 Å². The summed E-state index contributed by atoms with van der Waals surface area (Å²) in [5.74, 6) is -0.371. The van der Waals surface area contributed by atoms with Crippen molar-refractivity contribution in [2.75, 3.05) is 10.6 Å². The summed E-state index contributed by atoms with van der Waals surface area (Å²) in [7, 11) is 0. The number of anilines is 1. The fraction of sp³-hybridized carbons (Fsp3) is 0.429. The fourth-order valence-corrected chi connectivity index (χ4v) is 1.87. The van der Waals surface area contributed by atoms with Crippen LogP contribution in [0.1, 0.15) is 31.4 Å². The van der Waals surface area contributed by atoms with Crippen molar-refractivity contribution < 1.29 is 9.59 Å². The number of hydrogen-bond acceptors (Lipinski definition) is 2. The molecule has 0 atom stereocenters. The summed E-state index contributed by atoms with van der Waals surface area (Å²) < 4.78 is 0. The van der Waals surface area contributed by atoms with Gasteiger partial charge in [0.05, 0.1) is 11.8 Å². The smallest absolute Gasteiger partial charge is 0.231 e. The highest BCUT2D eigenvalue weighted by Crippen LogP contribution is 2.16. The van der Waals surface area contributed by atoms with Crippen molar-refractivity contribution in [3.8, 4) is 0 Å². The Morgan fingerprint density at radius 3 is 2.11 bits per heavy atom. The van der Waals surface area contributed by atoms with E-state index in [4.69, 9.17) is 0 Å². The maximum absolute atomic E-state index is 11.6. The summed E-state index contributed by atoms with van der Waals surface area (Å²) in [6, 6.07) is 6.05. The number of carbonyl (C=O) groups excluding carboxylic acids is 2. The number of hydrogen-bond donors (Lipinski definition) is 1. The molecule has 98 valence electrons. The second-order valence-corrected chi connectivity index (χ2v) is 4.70. The molecule has 0 saturated carbocycles. The molecule has 0 fully saturated rings. The summed E-state index contributed by atoms with van der Waals surface area (Å²) in [4.78, 5) is 22.8. The molecule has 3 nitrogen and oxygen atoms in total. The van der Waals surface area contributed by atoms with Crippen LogP contribution in [0.2, 0.25) is 0 Å². The Bertz CT molecular complexity index is 421. The second-order valence-electron chi connectivity index (χ2n) is 4.14. The Balaban J connectivity index is 2.77. The molecule has 0 radical (unpaired) electrons. The Kier molecular flexibility index (Phi) is 6.05. The van der Waals surface area contributed by atoms with Gasteiger partial charge >= 0.3 is 0 Å². The van der Waals surface area contributed by atoms with Crippen molar-refractivity contribution in [3.63, 3.8) is 0 Å². The molecule has 4 heteroatoms. The highest BCUT2D eigenvalue weighted by Gasteiger charge is 2.09. The lowest BCUT2D eigenvalue weighted by molar-refractivity contribution is -0.123. The Morgan fingerprint density at radius 2 is 1.67 bits per heavy atom. The molecular formula is C14H18BrNO2. The summed E-state index contributed by atoms with van der Waals surface area (Å²) >= 11 is 3.04. The first-order valence-electron chi connectivity index (χ1n) is 6.09. The number of Topliss-reactive ketones (excluding diaryl/α,β-unsaturated/α-hetero) is 1. The van der Waals surface area contributed by atoms with E-state index >= 15 is 0 Å². The Hall–Kier alpha value is -1.16. The van der Waals surface area contributed by atoms with Gasteiger partial charge < -0.3 is 5.32 Å². The van der Waals surface area contributed by atoms with E-state index in [0.29, 0.717) is 0 Å². The van der Waals surface area contributed by atoms with Crippen LogP contribution in [0.4, 0.5) is 5.69 Å². The van der Waals surface area contributed by atoms with Crippen LogP contribution in [0.5, 0.6) is 0 Å². The highest BCUT2D eigenvalue weighted by molar-refractivity contribution is 9.09. The van der Waals surface area contributed by atoms with Crippen LogP contribution in [0, 0.1) is 0 Å². The molecule has 1 aromatic rings. The number of rotatable bonds is 6. The molecule has 0 aliphatic heterocycles. The molecule has 0 unspecified atom stereocenters. The topological polar surface area (TPSA) is 46.2 Å². The minimum absolute atomic E-state index is 0.0803. The minimum atomic E-state index is -0.255. The molecule has 0 saturated heterocycles. The molecule has 1 amide bonds. The van der Waals surface area contributed by atoms with E-state index < -0.39 is 0 Å². The maximum atomic E-state index is 11.6. The molecule has 0 aromatic heterocycles. The number of halogens is 1. The zero-order valence-corrected chi connectivity index (χ0v) is 12.3. The second kappa shape index (κ2) is 7.31. The Labute approximate surface area is 116 Å². The number of alkyl halides is 1. The summed E-state index contributed by atoms with van der Waals surface area (Å²) in [5, 5.41) is 2.99. The van der Waals surface area contributed by atoms with Crippen LogP contribution >= 0.6 is 15.9 Å². The number of nitrogens with one attached hydrogen (secondary N) is 1. The summed E-state index contributed by atoms with van der Waals surface area (Å²) in [6.45, 7) is 4.16. The quantitative estimate of drug-likeness (QED) is 0.648. The van der Waals surface area contributed by atoms with E-state index in [1.54, 1.807) is 0 Å². The molecule has 1 N–H and O–H groups in total. The number of amides is 1. The third-order valence-electron chi connectivity index (χ3n) is 2.66. The highest BCUT2D eigenvalue weighted by atomic mass is 79.9. The van der Waals surface area contributed by atoms with E-state index in [2.05, 4.69) is 41.2 Å². The van der Waals surface area contributed by atoms with Gasteiger partial charge in [0.25, 0.3) is 0 Å². The van der Waals surface area contributed by atoms with Gasteiger partial charge in [-0.1, -0.05) is 35.8 Å². The summed E-state index contributed by atoms with van der Waals surface area (Å²) in [6.07, 6.45) is 1.77. The lowest BCUT2D eigenvalue weighted by Crippen LogP contribution is -2.17. The maximum Gasteiger partial charge on any atom is 0.231 e. The van der Waals surface area contributed by atoms with Gasteiger partial charge in [0.15, 0.2) is 5.78 Å². The Morgan fingerprint density at radius 1 is 1.11 bits per heavy atom. The molecule has 0 heterocycles. The van der Waals surface area contributed by atoms with Gasteiger partial charge in [-0.05, 0) is 36.1 Å². The lowest BCUT2D eigenvalue weighted by atomic mass is 10.1. The molecule has 0 bridgehead atoms. The molecule has 1 rings (SSSR count). The molecule has 0 aliphatic rings. The van der Waals surface area contributed by atoms with Crippen molar-refractivity contribution >= 4 is 33.3 Å². The number of carbonyl (C=O) groups is 2. The van der Waals surface area contributed by atoms with Crippen molar-refractivity contribution in [2.45, 2.75) is 33.1 Å². The van der Waals surface area contributed by atoms with Gasteiger partial charge in [-0.2, -0.15) is 0 Å². The molecule has 0 aliphatic carbocycles. The van der Waals surface area contributed by atoms with Gasteiger partial charge in [0.2, 0.25) is 5.91 Å². The van der Waals surface area contributed by atoms with Gasteiger partial charge in [0.1, 0.15) is 0 Å². The zero-order chi connectivity index (χ0) is 13.5. The van der Waals surface area contributed by atoms with E-state index in [1.165, 1.54) is 11.1 Å². The van der Waals surface area contributed by atoms with E-state index in [1.807, 2.05) is 12.1 Å². The average molecular weight is 312 g/mol. The van der Waals surface area contributed by atoms with E-state index in [9.17, 15) is 9.59 Å². The van der Waals surface area contributed by atoms with Crippen LogP contribution in [0.3, 0.4) is 0 Å². The minimum Gasteiger partial charge on any atom is -0.326 e. The first kappa shape index (κ1) is 14.9. The predicted octanol–water partition coefficient (Wildman–Crippen LogP) is 3.10. The predicted molar refractivity (Wildman–Crippen MR) is 77.2 cm³/mol. The van der Waals surface area contributed by atoms with Crippen LogP contribution < -0.4 is 5.32 Å². The molecule has 0 spiro atoms. The monoisotopic (exact) mass is 311 g/mol. The van der Waals surface area contributed by atoms with E-state index in [0.717, 1.165) is 18.5 Å². The van der Waals surface area contributed by atoms with Gasteiger partial charge in [0, 0.05) is 5.69 Å².